The molecular weight excluding hydrogens is 436 g/mol. The second-order valence-electron chi connectivity index (χ2n) is 7.94. The lowest BCUT2D eigenvalue weighted by atomic mass is 10.1. The van der Waals surface area contributed by atoms with Gasteiger partial charge in [0, 0.05) is 13.1 Å². The zero-order chi connectivity index (χ0) is 24.2. The molecule has 0 radical (unpaired) electrons. The number of carbonyl (C=O) groups is 3. The van der Waals surface area contributed by atoms with Crippen LogP contribution in [0, 0.1) is 0 Å². The Hall–Kier alpha value is -3.55. The average molecular weight is 469 g/mol. The molecule has 2 aromatic rings. The number of hydrogen-bond donors (Lipinski definition) is 1. The van der Waals surface area contributed by atoms with E-state index >= 15 is 0 Å². The van der Waals surface area contributed by atoms with Crippen LogP contribution in [0.1, 0.15) is 43.0 Å². The molecular formula is C26H32N2O6. The Morgan fingerprint density at radius 3 is 2.53 bits per heavy atom. The van der Waals surface area contributed by atoms with Gasteiger partial charge in [-0.25, -0.2) is 0 Å². The molecule has 8 nitrogen and oxygen atoms in total. The minimum Gasteiger partial charge on any atom is -0.493 e. The summed E-state index contributed by atoms with van der Waals surface area (Å²) in [5.74, 6) is -0.128. The van der Waals surface area contributed by atoms with Gasteiger partial charge in [0.15, 0.2) is 0 Å². The fraction of sp³-hybridized carbons (Fsp3) is 0.423. The summed E-state index contributed by atoms with van der Waals surface area (Å²) < 4.78 is 16.6. The molecule has 8 heteroatoms. The van der Waals surface area contributed by atoms with Crippen molar-refractivity contribution >= 4 is 17.8 Å². The highest BCUT2D eigenvalue weighted by Gasteiger charge is 2.36. The molecule has 34 heavy (non-hydrogen) atoms. The lowest BCUT2D eigenvalue weighted by Gasteiger charge is -2.34. The minimum absolute atomic E-state index is 0.0461. The van der Waals surface area contributed by atoms with Crippen molar-refractivity contribution in [2.45, 2.75) is 38.6 Å². The van der Waals surface area contributed by atoms with Gasteiger partial charge in [-0.1, -0.05) is 50.1 Å². The molecule has 1 heterocycles. The van der Waals surface area contributed by atoms with E-state index in [4.69, 9.17) is 14.2 Å². The van der Waals surface area contributed by atoms with Crippen LogP contribution in [0.2, 0.25) is 0 Å². The number of piperazine rings is 1. The highest BCUT2D eigenvalue weighted by Crippen LogP contribution is 2.23. The van der Waals surface area contributed by atoms with E-state index in [1.54, 1.807) is 24.3 Å². The number of rotatable bonds is 12. The summed E-state index contributed by atoms with van der Waals surface area (Å²) in [5, 5.41) is 2.73. The van der Waals surface area contributed by atoms with Crippen LogP contribution in [0.3, 0.4) is 0 Å². The number of nitrogens with zero attached hydrogens (tertiary/aromatic N) is 1. The number of para-hydroxylation sites is 2. The van der Waals surface area contributed by atoms with Crippen molar-refractivity contribution in [3.05, 3.63) is 60.2 Å². The van der Waals surface area contributed by atoms with E-state index in [-0.39, 0.29) is 31.4 Å². The maximum Gasteiger partial charge on any atom is 0.308 e. The maximum atomic E-state index is 13.4. The number of ether oxygens (including phenoxy) is 3. The molecule has 1 N–H and O–H groups in total. The molecule has 1 aliphatic rings. The van der Waals surface area contributed by atoms with Gasteiger partial charge in [0.1, 0.15) is 30.8 Å². The standard InChI is InChI=1S/C26H32N2O6/c1-2-3-9-16-33-23-13-8-7-12-21(23)26(31)28-15-14-27-25(30)22(28)19-24(29)34-18-17-32-20-10-5-4-6-11-20/h4-8,10-13,22H,2-3,9,14-19H2,1H3,(H,27,30). The molecule has 0 aromatic heterocycles. The first-order chi connectivity index (χ1) is 16.6. The SMILES string of the molecule is CCCCCOc1ccccc1C(=O)N1CCNC(=O)C1CC(=O)OCCOc1ccccc1. The van der Waals surface area contributed by atoms with Crippen molar-refractivity contribution in [2.24, 2.45) is 0 Å². The van der Waals surface area contributed by atoms with Crippen molar-refractivity contribution in [3.63, 3.8) is 0 Å². The zero-order valence-electron chi connectivity index (χ0n) is 19.5. The van der Waals surface area contributed by atoms with Gasteiger partial charge in [-0.2, -0.15) is 0 Å². The van der Waals surface area contributed by atoms with E-state index in [1.165, 1.54) is 4.90 Å². The predicted octanol–water partition coefficient (Wildman–Crippen LogP) is 3.21. The van der Waals surface area contributed by atoms with Gasteiger partial charge in [-0.3, -0.25) is 14.4 Å². The van der Waals surface area contributed by atoms with Gasteiger partial charge in [0.25, 0.3) is 5.91 Å². The summed E-state index contributed by atoms with van der Waals surface area (Å²) in [6.45, 7) is 3.48. The third-order valence-electron chi connectivity index (χ3n) is 5.43. The molecule has 0 aliphatic carbocycles. The Morgan fingerprint density at radius 1 is 0.971 bits per heavy atom. The fourth-order valence-electron chi connectivity index (χ4n) is 3.67. The second-order valence-corrected chi connectivity index (χ2v) is 7.94. The summed E-state index contributed by atoms with van der Waals surface area (Å²) in [6, 6.07) is 15.2. The molecule has 2 aromatic carbocycles. The third kappa shape index (κ3) is 7.23. The van der Waals surface area contributed by atoms with Crippen molar-refractivity contribution < 1.29 is 28.6 Å². The van der Waals surface area contributed by atoms with Crippen molar-refractivity contribution in [1.82, 2.24) is 10.2 Å². The van der Waals surface area contributed by atoms with Crippen LogP contribution in [0.25, 0.3) is 0 Å². The summed E-state index contributed by atoms with van der Waals surface area (Å²) in [7, 11) is 0. The normalized spacial score (nSPS) is 15.4. The van der Waals surface area contributed by atoms with Gasteiger partial charge in [0.2, 0.25) is 5.91 Å². The summed E-state index contributed by atoms with van der Waals surface area (Å²) in [5.41, 5.74) is 0.378. The highest BCUT2D eigenvalue weighted by molar-refractivity contribution is 6.01. The van der Waals surface area contributed by atoms with Crippen LogP contribution >= 0.6 is 0 Å². The van der Waals surface area contributed by atoms with E-state index in [2.05, 4.69) is 12.2 Å². The Labute approximate surface area is 200 Å². The number of hydrogen-bond acceptors (Lipinski definition) is 6. The molecule has 182 valence electrons. The molecule has 1 atom stereocenters. The number of benzene rings is 2. The molecule has 1 aliphatic heterocycles. The summed E-state index contributed by atoms with van der Waals surface area (Å²) in [6.07, 6.45) is 2.78. The number of unbranched alkanes of at least 4 members (excludes halogenated alkanes) is 2. The maximum absolute atomic E-state index is 13.4. The molecule has 0 bridgehead atoms. The number of esters is 1. The molecule has 1 unspecified atom stereocenters. The highest BCUT2D eigenvalue weighted by atomic mass is 16.6. The van der Waals surface area contributed by atoms with E-state index in [0.29, 0.717) is 36.8 Å². The average Bonchev–Trinajstić information content (AvgIpc) is 2.86. The van der Waals surface area contributed by atoms with Gasteiger partial charge in [-0.05, 0) is 30.7 Å². The molecule has 2 amide bonds. The lowest BCUT2D eigenvalue weighted by Crippen LogP contribution is -2.57. The van der Waals surface area contributed by atoms with Crippen LogP contribution in [-0.2, 0) is 14.3 Å². The van der Waals surface area contributed by atoms with Gasteiger partial charge in [-0.15, -0.1) is 0 Å². The molecule has 0 spiro atoms. The van der Waals surface area contributed by atoms with Gasteiger partial charge in [0.05, 0.1) is 18.6 Å². The molecule has 0 saturated carbocycles. The molecule has 1 saturated heterocycles. The zero-order valence-corrected chi connectivity index (χ0v) is 19.5. The topological polar surface area (TPSA) is 94.2 Å². The summed E-state index contributed by atoms with van der Waals surface area (Å²) in [4.78, 5) is 39.8. The van der Waals surface area contributed by atoms with Crippen LogP contribution in [0.15, 0.2) is 54.6 Å². The smallest absolute Gasteiger partial charge is 0.308 e. The Balaban J connectivity index is 1.58. The predicted molar refractivity (Wildman–Crippen MR) is 127 cm³/mol. The Bertz CT molecular complexity index is 949. The number of carbonyl (C=O) groups excluding carboxylic acids is 3. The first kappa shape index (κ1) is 25.1. The number of nitrogens with one attached hydrogen (secondary N) is 1. The monoisotopic (exact) mass is 468 g/mol. The minimum atomic E-state index is -0.947. The molecule has 1 fully saturated rings. The van der Waals surface area contributed by atoms with E-state index in [1.807, 2.05) is 30.3 Å². The lowest BCUT2D eigenvalue weighted by molar-refractivity contribution is -0.148. The van der Waals surface area contributed by atoms with Crippen molar-refractivity contribution in [1.29, 1.82) is 0 Å². The first-order valence-corrected chi connectivity index (χ1v) is 11.7. The van der Waals surface area contributed by atoms with Crippen LogP contribution in [0.5, 0.6) is 11.5 Å². The van der Waals surface area contributed by atoms with Crippen LogP contribution < -0.4 is 14.8 Å². The van der Waals surface area contributed by atoms with Gasteiger partial charge < -0.3 is 24.4 Å². The first-order valence-electron chi connectivity index (χ1n) is 11.7. The third-order valence-corrected chi connectivity index (χ3v) is 5.43. The van der Waals surface area contributed by atoms with E-state index in [9.17, 15) is 14.4 Å². The quantitative estimate of drug-likeness (QED) is 0.380. The number of amides is 2. The second kappa shape index (κ2) is 13.2. The Kier molecular flexibility index (Phi) is 9.76. The fourth-order valence-corrected chi connectivity index (χ4v) is 3.67. The van der Waals surface area contributed by atoms with E-state index < -0.39 is 12.0 Å². The largest absolute Gasteiger partial charge is 0.493 e. The van der Waals surface area contributed by atoms with Crippen molar-refractivity contribution in [2.75, 3.05) is 32.9 Å². The summed E-state index contributed by atoms with van der Waals surface area (Å²) >= 11 is 0. The van der Waals surface area contributed by atoms with Crippen LogP contribution in [0.4, 0.5) is 0 Å². The van der Waals surface area contributed by atoms with Crippen molar-refractivity contribution in [3.8, 4) is 11.5 Å². The Morgan fingerprint density at radius 2 is 1.74 bits per heavy atom. The van der Waals surface area contributed by atoms with E-state index in [0.717, 1.165) is 19.3 Å². The van der Waals surface area contributed by atoms with Gasteiger partial charge >= 0.3 is 5.97 Å². The molecule has 3 rings (SSSR count). The van der Waals surface area contributed by atoms with Crippen LogP contribution in [-0.4, -0.2) is 61.6 Å².